The molecule has 25 heavy (non-hydrogen) atoms. The van der Waals surface area contributed by atoms with E-state index in [2.05, 4.69) is 15.5 Å². The topological polar surface area (TPSA) is 87.5 Å². The Hall–Kier alpha value is -1.89. The smallest absolute Gasteiger partial charge is 0.312 e. The zero-order valence-corrected chi connectivity index (χ0v) is 15.6. The molecule has 0 radical (unpaired) electrons. The fourth-order valence-corrected chi connectivity index (χ4v) is 3.46. The van der Waals surface area contributed by atoms with Crippen LogP contribution in [-0.4, -0.2) is 43.1 Å². The van der Waals surface area contributed by atoms with E-state index in [1.807, 2.05) is 30.5 Å². The van der Waals surface area contributed by atoms with Crippen molar-refractivity contribution in [2.45, 2.75) is 38.1 Å². The quantitative estimate of drug-likeness (QED) is 0.694. The minimum Gasteiger partial charge on any atom is -0.372 e. The van der Waals surface area contributed by atoms with Crippen LogP contribution in [0.15, 0.2) is 24.3 Å². The van der Waals surface area contributed by atoms with Gasteiger partial charge >= 0.3 is 6.03 Å². The van der Waals surface area contributed by atoms with E-state index in [1.54, 1.807) is 11.8 Å². The third-order valence-corrected chi connectivity index (χ3v) is 4.99. The summed E-state index contributed by atoms with van der Waals surface area (Å²) in [5, 5.41) is 5.37. The van der Waals surface area contributed by atoms with Gasteiger partial charge in [-0.2, -0.15) is 11.8 Å². The van der Waals surface area contributed by atoms with Crippen molar-refractivity contribution in [1.82, 2.24) is 5.32 Å². The molecule has 1 aliphatic rings. The molecule has 1 atom stereocenters. The minimum atomic E-state index is -0.683. The second-order valence-electron chi connectivity index (χ2n) is 6.28. The summed E-state index contributed by atoms with van der Waals surface area (Å²) >= 11 is 1.62. The van der Waals surface area contributed by atoms with Crippen molar-refractivity contribution < 1.29 is 9.59 Å². The molecule has 0 aromatic heterocycles. The number of rotatable bonds is 7. The Kier molecular flexibility index (Phi) is 7.91. The van der Waals surface area contributed by atoms with E-state index in [-0.39, 0.29) is 5.91 Å². The van der Waals surface area contributed by atoms with E-state index in [0.29, 0.717) is 6.42 Å². The van der Waals surface area contributed by atoms with Crippen LogP contribution in [0.25, 0.3) is 0 Å². The molecule has 0 aliphatic carbocycles. The van der Waals surface area contributed by atoms with E-state index in [9.17, 15) is 9.59 Å². The number of nitrogens with two attached hydrogens (primary N) is 1. The molecule has 1 heterocycles. The number of thioether (sulfide) groups is 1. The maximum atomic E-state index is 12.4. The molecule has 1 aliphatic heterocycles. The molecule has 1 aromatic carbocycles. The van der Waals surface area contributed by atoms with E-state index >= 15 is 0 Å². The maximum Gasteiger partial charge on any atom is 0.312 e. The molecule has 1 saturated heterocycles. The number of hydrogen-bond donors (Lipinski definition) is 3. The molecule has 3 amide bonds. The number of nitrogens with one attached hydrogen (secondary N) is 2. The van der Waals surface area contributed by atoms with Crippen molar-refractivity contribution in [3.05, 3.63) is 24.3 Å². The van der Waals surface area contributed by atoms with Crippen molar-refractivity contribution in [3.63, 3.8) is 0 Å². The summed E-state index contributed by atoms with van der Waals surface area (Å²) in [6.45, 7) is 2.18. The first-order chi connectivity index (χ1) is 12.1. The lowest BCUT2D eigenvalue weighted by molar-refractivity contribution is -0.117. The Bertz CT molecular complexity index is 557. The Morgan fingerprint density at radius 1 is 1.16 bits per heavy atom. The first kappa shape index (κ1) is 19.4. The van der Waals surface area contributed by atoms with Gasteiger partial charge < -0.3 is 21.3 Å². The van der Waals surface area contributed by atoms with Crippen LogP contribution in [0.5, 0.6) is 0 Å². The highest BCUT2D eigenvalue weighted by Gasteiger charge is 2.19. The Morgan fingerprint density at radius 3 is 2.36 bits per heavy atom. The lowest BCUT2D eigenvalue weighted by Crippen LogP contribution is -2.46. The Morgan fingerprint density at radius 2 is 1.80 bits per heavy atom. The number of hydrogen-bond acceptors (Lipinski definition) is 4. The number of urea groups is 1. The third-order valence-electron chi connectivity index (χ3n) is 4.35. The maximum absolute atomic E-state index is 12.4. The molecule has 1 fully saturated rings. The second-order valence-corrected chi connectivity index (χ2v) is 7.27. The molecule has 2 rings (SSSR count). The van der Waals surface area contributed by atoms with Gasteiger partial charge in [-0.3, -0.25) is 4.79 Å². The van der Waals surface area contributed by atoms with E-state index < -0.39 is 12.1 Å². The highest BCUT2D eigenvalue weighted by molar-refractivity contribution is 7.98. The summed E-state index contributed by atoms with van der Waals surface area (Å²) in [5.74, 6) is 0.530. The SMILES string of the molecule is CSCCC(NC(N)=O)C(=O)Nc1ccc(N2CCCCCC2)cc1. The first-order valence-corrected chi connectivity index (χ1v) is 10.2. The van der Waals surface area contributed by atoms with E-state index in [4.69, 9.17) is 5.73 Å². The number of amides is 3. The van der Waals surface area contributed by atoms with Gasteiger partial charge in [-0.15, -0.1) is 0 Å². The molecule has 0 spiro atoms. The lowest BCUT2D eigenvalue weighted by Gasteiger charge is -2.23. The fraction of sp³-hybridized carbons (Fsp3) is 0.556. The summed E-state index contributed by atoms with van der Waals surface area (Å²) in [6, 6.07) is 6.61. The predicted octanol–water partition coefficient (Wildman–Crippen LogP) is 2.80. The minimum absolute atomic E-state index is 0.240. The Labute approximate surface area is 153 Å². The highest BCUT2D eigenvalue weighted by atomic mass is 32.2. The summed E-state index contributed by atoms with van der Waals surface area (Å²) in [4.78, 5) is 25.9. The zero-order chi connectivity index (χ0) is 18.1. The van der Waals surface area contributed by atoms with Crippen LogP contribution < -0.4 is 21.3 Å². The molecule has 1 aromatic rings. The number of carbonyl (C=O) groups is 2. The summed E-state index contributed by atoms with van der Waals surface area (Å²) in [5.41, 5.74) is 7.08. The number of benzene rings is 1. The second kappa shape index (κ2) is 10.2. The molecule has 0 bridgehead atoms. The molecule has 7 heteroatoms. The molecule has 1 unspecified atom stereocenters. The van der Waals surface area contributed by atoms with Gasteiger partial charge in [-0.05, 0) is 55.5 Å². The van der Waals surface area contributed by atoms with Gasteiger partial charge in [0.15, 0.2) is 0 Å². The van der Waals surface area contributed by atoms with Gasteiger partial charge in [-0.1, -0.05) is 12.8 Å². The third kappa shape index (κ3) is 6.49. The van der Waals surface area contributed by atoms with Crippen LogP contribution in [0.3, 0.4) is 0 Å². The van der Waals surface area contributed by atoms with Crippen molar-refractivity contribution in [3.8, 4) is 0 Å². The average Bonchev–Trinajstić information content (AvgIpc) is 2.88. The number of carbonyl (C=O) groups excluding carboxylic acids is 2. The van der Waals surface area contributed by atoms with Crippen molar-refractivity contribution in [2.75, 3.05) is 35.3 Å². The predicted molar refractivity (Wildman–Crippen MR) is 105 cm³/mol. The standard InChI is InChI=1S/C18H28N4O2S/c1-25-13-10-16(21-18(19)24)17(23)20-14-6-8-15(9-7-14)22-11-4-2-3-5-12-22/h6-9,16H,2-5,10-13H2,1H3,(H,20,23)(H3,19,21,24). The van der Waals surface area contributed by atoms with Crippen LogP contribution in [0.4, 0.5) is 16.2 Å². The van der Waals surface area contributed by atoms with Crippen LogP contribution in [0.2, 0.25) is 0 Å². The summed E-state index contributed by atoms with van der Waals surface area (Å²) < 4.78 is 0. The van der Waals surface area contributed by atoms with E-state index in [0.717, 1.165) is 24.5 Å². The average molecular weight is 365 g/mol. The monoisotopic (exact) mass is 364 g/mol. The van der Waals surface area contributed by atoms with Gasteiger partial charge in [0.1, 0.15) is 6.04 Å². The summed E-state index contributed by atoms with van der Waals surface area (Å²) in [6.07, 6.45) is 7.56. The van der Waals surface area contributed by atoms with Gasteiger partial charge in [0.05, 0.1) is 0 Å². The van der Waals surface area contributed by atoms with Crippen LogP contribution in [-0.2, 0) is 4.79 Å². The Balaban J connectivity index is 1.95. The molecular formula is C18H28N4O2S. The van der Waals surface area contributed by atoms with Gasteiger partial charge in [0.25, 0.3) is 0 Å². The number of anilines is 2. The van der Waals surface area contributed by atoms with Crippen molar-refractivity contribution >= 4 is 35.1 Å². The van der Waals surface area contributed by atoms with E-state index in [1.165, 1.54) is 31.4 Å². The fourth-order valence-electron chi connectivity index (χ4n) is 2.99. The van der Waals surface area contributed by atoms with Crippen LogP contribution >= 0.6 is 11.8 Å². The molecule has 0 saturated carbocycles. The molecular weight excluding hydrogens is 336 g/mol. The molecule has 6 nitrogen and oxygen atoms in total. The van der Waals surface area contributed by atoms with Crippen molar-refractivity contribution in [2.24, 2.45) is 5.73 Å². The largest absolute Gasteiger partial charge is 0.372 e. The highest BCUT2D eigenvalue weighted by Crippen LogP contribution is 2.21. The first-order valence-electron chi connectivity index (χ1n) is 8.81. The number of nitrogens with zero attached hydrogens (tertiary/aromatic N) is 1. The molecule has 138 valence electrons. The zero-order valence-electron chi connectivity index (χ0n) is 14.8. The van der Waals surface area contributed by atoms with Crippen molar-refractivity contribution in [1.29, 1.82) is 0 Å². The van der Waals surface area contributed by atoms with Crippen LogP contribution in [0.1, 0.15) is 32.1 Å². The van der Waals surface area contributed by atoms with Gasteiger partial charge in [0.2, 0.25) is 5.91 Å². The van der Waals surface area contributed by atoms with Gasteiger partial charge in [0, 0.05) is 24.5 Å². The summed E-state index contributed by atoms with van der Waals surface area (Å²) in [7, 11) is 0. The van der Waals surface area contributed by atoms with Crippen LogP contribution in [0, 0.1) is 0 Å². The van der Waals surface area contributed by atoms with Gasteiger partial charge in [-0.25, -0.2) is 4.79 Å². The lowest BCUT2D eigenvalue weighted by atomic mass is 10.2. The molecule has 4 N–H and O–H groups in total. The number of primary amides is 1. The normalized spacial score (nSPS) is 16.0.